The van der Waals surface area contributed by atoms with Crippen LogP contribution in [0.1, 0.15) is 39.0 Å². The fraction of sp³-hybridized carbons (Fsp3) is 0.900. The summed E-state index contributed by atoms with van der Waals surface area (Å²) in [5, 5.41) is 8.86. The average molecular weight is 217 g/mol. The van der Waals surface area contributed by atoms with E-state index in [2.05, 4.69) is 17.8 Å². The van der Waals surface area contributed by atoms with Crippen LogP contribution < -0.4 is 16.6 Å². The molecule has 0 aliphatic rings. The molecule has 0 radical (unpaired) electrons. The van der Waals surface area contributed by atoms with Crippen molar-refractivity contribution in [3.05, 3.63) is 0 Å². The Morgan fingerprint density at radius 1 is 1.40 bits per heavy atom. The lowest BCUT2D eigenvalue weighted by Crippen LogP contribution is -2.46. The Balaban J connectivity index is 3.53. The van der Waals surface area contributed by atoms with Gasteiger partial charge in [-0.05, 0) is 25.8 Å². The molecule has 5 N–H and O–H groups in total. The zero-order valence-electron chi connectivity index (χ0n) is 9.46. The van der Waals surface area contributed by atoms with Crippen LogP contribution in [0.5, 0.6) is 0 Å². The third-order valence-corrected chi connectivity index (χ3v) is 2.18. The van der Waals surface area contributed by atoms with Crippen molar-refractivity contribution in [3.8, 4) is 0 Å². The number of rotatable bonds is 10. The third-order valence-electron chi connectivity index (χ3n) is 2.18. The molecule has 90 valence electrons. The van der Waals surface area contributed by atoms with Gasteiger partial charge in [0, 0.05) is 6.54 Å². The normalized spacial score (nSPS) is 12.7. The Bertz CT molecular complexity index is 165. The van der Waals surface area contributed by atoms with Gasteiger partial charge in [0.2, 0.25) is 0 Å². The van der Waals surface area contributed by atoms with Crippen LogP contribution in [0.3, 0.4) is 0 Å². The van der Waals surface area contributed by atoms with Crippen molar-refractivity contribution in [2.75, 3.05) is 13.1 Å². The average Bonchev–Trinajstić information content (AvgIpc) is 2.21. The molecule has 5 nitrogen and oxygen atoms in total. The van der Waals surface area contributed by atoms with Crippen LogP contribution in [0, 0.1) is 0 Å². The van der Waals surface area contributed by atoms with Gasteiger partial charge >= 0.3 is 5.97 Å². The molecule has 15 heavy (non-hydrogen) atoms. The van der Waals surface area contributed by atoms with Gasteiger partial charge in [0.15, 0.2) is 0 Å². The van der Waals surface area contributed by atoms with E-state index in [0.717, 1.165) is 32.2 Å². The molecule has 1 unspecified atom stereocenters. The van der Waals surface area contributed by atoms with Gasteiger partial charge < -0.3 is 10.8 Å². The molecule has 0 aromatic heterocycles. The van der Waals surface area contributed by atoms with Crippen LogP contribution in [-0.4, -0.2) is 30.2 Å². The number of hydrogen-bond donors (Lipinski definition) is 4. The van der Waals surface area contributed by atoms with Crippen molar-refractivity contribution in [2.24, 2.45) is 5.73 Å². The molecule has 0 heterocycles. The summed E-state index contributed by atoms with van der Waals surface area (Å²) >= 11 is 0. The Morgan fingerprint density at radius 3 is 2.67 bits per heavy atom. The van der Waals surface area contributed by atoms with Crippen molar-refractivity contribution < 1.29 is 9.90 Å². The summed E-state index contributed by atoms with van der Waals surface area (Å²) in [7, 11) is 0. The molecule has 0 saturated heterocycles. The largest absolute Gasteiger partial charge is 0.480 e. The summed E-state index contributed by atoms with van der Waals surface area (Å²) in [5.74, 6) is -0.827. The van der Waals surface area contributed by atoms with E-state index in [0.29, 0.717) is 13.0 Å². The second-order valence-corrected chi connectivity index (χ2v) is 3.60. The highest BCUT2D eigenvalue weighted by molar-refractivity contribution is 5.73. The second-order valence-electron chi connectivity index (χ2n) is 3.60. The van der Waals surface area contributed by atoms with Crippen molar-refractivity contribution in [1.29, 1.82) is 0 Å². The standard InChI is InChI=1S/C10H23N3O2/c1-2-3-4-8-12-13-9(10(14)15)6-5-7-11/h9,12-13H,2-8,11H2,1H3,(H,14,15). The Kier molecular flexibility index (Phi) is 9.46. The van der Waals surface area contributed by atoms with Gasteiger partial charge in [0.1, 0.15) is 6.04 Å². The maximum Gasteiger partial charge on any atom is 0.322 e. The minimum absolute atomic E-state index is 0.529. The Labute approximate surface area is 91.4 Å². The van der Waals surface area contributed by atoms with E-state index in [1.807, 2.05) is 0 Å². The van der Waals surface area contributed by atoms with Crippen molar-refractivity contribution in [2.45, 2.75) is 45.1 Å². The summed E-state index contributed by atoms with van der Waals surface area (Å²) in [6, 6.07) is -0.532. The number of hydrazine groups is 1. The fourth-order valence-corrected chi connectivity index (χ4v) is 1.24. The molecular formula is C10H23N3O2. The number of carboxylic acids is 1. The molecule has 0 aromatic rings. The van der Waals surface area contributed by atoms with Gasteiger partial charge in [-0.15, -0.1) is 0 Å². The molecule has 0 spiro atoms. The van der Waals surface area contributed by atoms with Crippen LogP contribution in [0.15, 0.2) is 0 Å². The molecule has 0 aromatic carbocycles. The van der Waals surface area contributed by atoms with Gasteiger partial charge in [0.05, 0.1) is 0 Å². The monoisotopic (exact) mass is 217 g/mol. The lowest BCUT2D eigenvalue weighted by molar-refractivity contribution is -0.140. The molecule has 0 amide bonds. The third kappa shape index (κ3) is 8.35. The fourth-order valence-electron chi connectivity index (χ4n) is 1.24. The van der Waals surface area contributed by atoms with Crippen LogP contribution in [0.25, 0.3) is 0 Å². The summed E-state index contributed by atoms with van der Waals surface area (Å²) in [6.07, 6.45) is 4.67. The van der Waals surface area contributed by atoms with Crippen molar-refractivity contribution >= 4 is 5.97 Å². The lowest BCUT2D eigenvalue weighted by atomic mass is 10.2. The minimum Gasteiger partial charge on any atom is -0.480 e. The first-order valence-corrected chi connectivity index (χ1v) is 5.63. The molecule has 0 aliphatic carbocycles. The molecular weight excluding hydrogens is 194 g/mol. The first kappa shape index (κ1) is 14.3. The zero-order chi connectivity index (χ0) is 11.5. The molecule has 0 rings (SSSR count). The molecule has 1 atom stereocenters. The minimum atomic E-state index is -0.827. The first-order chi connectivity index (χ1) is 7.22. The number of carboxylic acid groups (broad SMARTS) is 1. The maximum absolute atomic E-state index is 10.8. The van der Waals surface area contributed by atoms with Crippen molar-refractivity contribution in [1.82, 2.24) is 10.9 Å². The number of nitrogens with two attached hydrogens (primary N) is 1. The Hall–Kier alpha value is -0.650. The summed E-state index contributed by atoms with van der Waals surface area (Å²) < 4.78 is 0. The van der Waals surface area contributed by atoms with E-state index < -0.39 is 12.0 Å². The highest BCUT2D eigenvalue weighted by Crippen LogP contribution is 1.95. The van der Waals surface area contributed by atoms with E-state index >= 15 is 0 Å². The molecule has 0 fully saturated rings. The molecule has 0 bridgehead atoms. The number of nitrogens with one attached hydrogen (secondary N) is 2. The quantitative estimate of drug-likeness (QED) is 0.315. The van der Waals surface area contributed by atoms with Crippen LogP contribution in [-0.2, 0) is 4.79 Å². The van der Waals surface area contributed by atoms with Gasteiger partial charge in [-0.25, -0.2) is 5.43 Å². The highest BCUT2D eigenvalue weighted by Gasteiger charge is 2.14. The van der Waals surface area contributed by atoms with E-state index in [4.69, 9.17) is 10.8 Å². The SMILES string of the molecule is CCCCCNNC(CCCN)C(=O)O. The summed E-state index contributed by atoms with van der Waals surface area (Å²) in [5.41, 5.74) is 11.1. The van der Waals surface area contributed by atoms with Crippen LogP contribution >= 0.6 is 0 Å². The summed E-state index contributed by atoms with van der Waals surface area (Å²) in [4.78, 5) is 10.8. The van der Waals surface area contributed by atoms with E-state index in [9.17, 15) is 4.79 Å². The molecule has 0 aliphatic heterocycles. The van der Waals surface area contributed by atoms with Gasteiger partial charge in [0.25, 0.3) is 0 Å². The van der Waals surface area contributed by atoms with E-state index in [-0.39, 0.29) is 0 Å². The van der Waals surface area contributed by atoms with Gasteiger partial charge in [-0.3, -0.25) is 10.2 Å². The smallest absolute Gasteiger partial charge is 0.322 e. The van der Waals surface area contributed by atoms with Gasteiger partial charge in [-0.2, -0.15) is 0 Å². The summed E-state index contributed by atoms with van der Waals surface area (Å²) in [6.45, 7) is 3.47. The lowest BCUT2D eigenvalue weighted by Gasteiger charge is -2.14. The number of hydrogen-bond acceptors (Lipinski definition) is 4. The van der Waals surface area contributed by atoms with Crippen LogP contribution in [0.4, 0.5) is 0 Å². The van der Waals surface area contributed by atoms with Crippen molar-refractivity contribution in [3.63, 3.8) is 0 Å². The predicted molar refractivity (Wildman–Crippen MR) is 60.4 cm³/mol. The van der Waals surface area contributed by atoms with E-state index in [1.54, 1.807) is 0 Å². The second kappa shape index (κ2) is 9.89. The zero-order valence-corrected chi connectivity index (χ0v) is 9.46. The number of unbranched alkanes of at least 4 members (excludes halogenated alkanes) is 2. The van der Waals surface area contributed by atoms with Crippen LogP contribution in [0.2, 0.25) is 0 Å². The predicted octanol–water partition coefficient (Wildman–Crippen LogP) is 0.463. The van der Waals surface area contributed by atoms with Gasteiger partial charge in [-0.1, -0.05) is 19.8 Å². The molecule has 5 heteroatoms. The Morgan fingerprint density at radius 2 is 2.13 bits per heavy atom. The van der Waals surface area contributed by atoms with E-state index in [1.165, 1.54) is 0 Å². The number of carbonyl (C=O) groups is 1. The number of aliphatic carboxylic acids is 1. The highest BCUT2D eigenvalue weighted by atomic mass is 16.4. The maximum atomic E-state index is 10.8. The molecule has 0 saturated carbocycles. The topological polar surface area (TPSA) is 87.4 Å². The first-order valence-electron chi connectivity index (χ1n) is 5.63.